The van der Waals surface area contributed by atoms with Gasteiger partial charge in [-0.25, -0.2) is 4.98 Å². The van der Waals surface area contributed by atoms with Gasteiger partial charge in [0.05, 0.1) is 12.9 Å². The number of imidazole rings is 1. The molecule has 3 aromatic carbocycles. The quantitative estimate of drug-likeness (QED) is 0.458. The lowest BCUT2D eigenvalue weighted by Gasteiger charge is -2.20. The van der Waals surface area contributed by atoms with Crippen LogP contribution in [0.25, 0.3) is 5.69 Å². The molecule has 0 saturated heterocycles. The molecule has 0 spiro atoms. The molecule has 4 aromatic rings. The number of rotatable bonds is 6. The molecule has 3 nitrogen and oxygen atoms in total. The predicted octanol–water partition coefficient (Wildman–Crippen LogP) is 5.49. The Hall–Kier alpha value is -3.17. The number of aromatic nitrogens is 2. The monoisotopic (exact) mass is 354 g/mol. The first-order valence-corrected chi connectivity index (χ1v) is 9.10. The van der Waals surface area contributed by atoms with E-state index < -0.39 is 0 Å². The molecular weight excluding hydrogens is 332 g/mol. The largest absolute Gasteiger partial charge is 0.364 e. The van der Waals surface area contributed by atoms with E-state index in [2.05, 4.69) is 72.6 Å². The number of nitrogens with zero attached hydrogens (tertiary/aromatic N) is 2. The van der Waals surface area contributed by atoms with Crippen molar-refractivity contribution >= 4 is 0 Å². The standard InChI is InChI=1S/C24H22N2O/c1-19-7-9-21(10-8-19)24(27-17-20-5-3-2-4-6-20)22-11-13-23(14-12-22)26-16-15-25-18-26/h2-16,18,24H,17H2,1H3. The summed E-state index contributed by atoms with van der Waals surface area (Å²) in [6, 6.07) is 27.3. The van der Waals surface area contributed by atoms with Crippen molar-refractivity contribution in [3.63, 3.8) is 0 Å². The molecule has 134 valence electrons. The van der Waals surface area contributed by atoms with Crippen LogP contribution >= 0.6 is 0 Å². The van der Waals surface area contributed by atoms with Gasteiger partial charge >= 0.3 is 0 Å². The van der Waals surface area contributed by atoms with Crippen LogP contribution in [0.15, 0.2) is 97.6 Å². The SMILES string of the molecule is Cc1ccc(C(OCc2ccccc2)c2ccc(-n3ccnc3)cc2)cc1. The first-order chi connectivity index (χ1) is 13.3. The highest BCUT2D eigenvalue weighted by atomic mass is 16.5. The molecule has 1 atom stereocenters. The first-order valence-electron chi connectivity index (χ1n) is 9.10. The average Bonchev–Trinajstić information content (AvgIpc) is 3.26. The van der Waals surface area contributed by atoms with Gasteiger partial charge in [0, 0.05) is 18.1 Å². The van der Waals surface area contributed by atoms with E-state index in [1.54, 1.807) is 12.5 Å². The van der Waals surface area contributed by atoms with Crippen LogP contribution in [0.5, 0.6) is 0 Å². The molecule has 1 aromatic heterocycles. The number of aryl methyl sites for hydroxylation is 1. The minimum absolute atomic E-state index is 0.109. The summed E-state index contributed by atoms with van der Waals surface area (Å²) < 4.78 is 8.35. The lowest BCUT2D eigenvalue weighted by Crippen LogP contribution is -2.07. The topological polar surface area (TPSA) is 27.1 Å². The molecule has 0 N–H and O–H groups in total. The maximum Gasteiger partial charge on any atom is 0.108 e. The van der Waals surface area contributed by atoms with Crippen molar-refractivity contribution in [2.75, 3.05) is 0 Å². The Morgan fingerprint density at radius 2 is 1.52 bits per heavy atom. The van der Waals surface area contributed by atoms with Gasteiger partial charge in [-0.05, 0) is 35.7 Å². The fourth-order valence-electron chi connectivity index (χ4n) is 3.11. The second-order valence-corrected chi connectivity index (χ2v) is 6.65. The number of benzene rings is 3. The van der Waals surface area contributed by atoms with E-state index in [1.807, 2.05) is 29.0 Å². The van der Waals surface area contributed by atoms with E-state index in [1.165, 1.54) is 11.1 Å². The highest BCUT2D eigenvalue weighted by Gasteiger charge is 2.15. The molecule has 0 amide bonds. The summed E-state index contributed by atoms with van der Waals surface area (Å²) in [5.74, 6) is 0. The van der Waals surface area contributed by atoms with E-state index in [-0.39, 0.29) is 6.10 Å². The molecule has 0 radical (unpaired) electrons. The van der Waals surface area contributed by atoms with Crippen LogP contribution in [0.2, 0.25) is 0 Å². The van der Waals surface area contributed by atoms with Gasteiger partial charge in [0.2, 0.25) is 0 Å². The Balaban J connectivity index is 1.61. The lowest BCUT2D eigenvalue weighted by molar-refractivity contribution is 0.0667. The Bertz CT molecular complexity index is 959. The van der Waals surface area contributed by atoms with Crippen molar-refractivity contribution in [3.8, 4) is 5.69 Å². The molecule has 0 aliphatic heterocycles. The first kappa shape index (κ1) is 17.3. The van der Waals surface area contributed by atoms with Crippen LogP contribution in [-0.4, -0.2) is 9.55 Å². The van der Waals surface area contributed by atoms with Crippen LogP contribution in [0.4, 0.5) is 0 Å². The van der Waals surface area contributed by atoms with Gasteiger partial charge in [-0.2, -0.15) is 0 Å². The second kappa shape index (κ2) is 8.02. The Kier molecular flexibility index (Phi) is 5.13. The number of hydrogen-bond donors (Lipinski definition) is 0. The van der Waals surface area contributed by atoms with Gasteiger partial charge in [-0.1, -0.05) is 72.3 Å². The van der Waals surface area contributed by atoms with E-state index in [0.717, 1.165) is 16.8 Å². The van der Waals surface area contributed by atoms with Crippen molar-refractivity contribution in [2.45, 2.75) is 19.6 Å². The van der Waals surface area contributed by atoms with E-state index in [0.29, 0.717) is 6.61 Å². The highest BCUT2D eigenvalue weighted by molar-refractivity contribution is 5.39. The van der Waals surface area contributed by atoms with Crippen LogP contribution in [0.1, 0.15) is 28.4 Å². The van der Waals surface area contributed by atoms with Crippen LogP contribution in [0, 0.1) is 6.92 Å². The van der Waals surface area contributed by atoms with Gasteiger partial charge in [0.1, 0.15) is 6.10 Å². The smallest absolute Gasteiger partial charge is 0.108 e. The van der Waals surface area contributed by atoms with Gasteiger partial charge in [0.25, 0.3) is 0 Å². The van der Waals surface area contributed by atoms with Gasteiger partial charge < -0.3 is 9.30 Å². The number of hydrogen-bond acceptors (Lipinski definition) is 2. The maximum absolute atomic E-state index is 6.35. The van der Waals surface area contributed by atoms with Crippen molar-refractivity contribution < 1.29 is 4.74 Å². The Labute approximate surface area is 159 Å². The summed E-state index contributed by atoms with van der Waals surface area (Å²) in [6.07, 6.45) is 5.42. The van der Waals surface area contributed by atoms with Gasteiger partial charge in [-0.3, -0.25) is 0 Å². The summed E-state index contributed by atoms with van der Waals surface area (Å²) in [5.41, 5.74) is 5.80. The zero-order valence-electron chi connectivity index (χ0n) is 15.3. The third kappa shape index (κ3) is 4.15. The summed E-state index contributed by atoms with van der Waals surface area (Å²) in [4.78, 5) is 4.11. The van der Waals surface area contributed by atoms with Crippen molar-refractivity contribution in [2.24, 2.45) is 0 Å². The Morgan fingerprint density at radius 1 is 0.852 bits per heavy atom. The summed E-state index contributed by atoms with van der Waals surface area (Å²) in [5, 5.41) is 0. The lowest BCUT2D eigenvalue weighted by atomic mass is 10.00. The van der Waals surface area contributed by atoms with Crippen LogP contribution in [-0.2, 0) is 11.3 Å². The molecule has 0 bridgehead atoms. The molecule has 3 heteroatoms. The van der Waals surface area contributed by atoms with Crippen molar-refractivity contribution in [1.82, 2.24) is 9.55 Å². The highest BCUT2D eigenvalue weighted by Crippen LogP contribution is 2.28. The molecule has 27 heavy (non-hydrogen) atoms. The van der Waals surface area contributed by atoms with Crippen LogP contribution < -0.4 is 0 Å². The predicted molar refractivity (Wildman–Crippen MR) is 108 cm³/mol. The minimum atomic E-state index is -0.109. The molecular formula is C24H22N2O. The molecule has 0 fully saturated rings. The third-order valence-corrected chi connectivity index (χ3v) is 4.64. The maximum atomic E-state index is 6.35. The zero-order chi connectivity index (χ0) is 18.5. The molecule has 0 aliphatic rings. The molecule has 1 unspecified atom stereocenters. The molecule has 0 aliphatic carbocycles. The van der Waals surface area contributed by atoms with Crippen LogP contribution in [0.3, 0.4) is 0 Å². The fourth-order valence-corrected chi connectivity index (χ4v) is 3.11. The summed E-state index contributed by atoms with van der Waals surface area (Å²) in [6.45, 7) is 2.67. The minimum Gasteiger partial charge on any atom is -0.364 e. The molecule has 1 heterocycles. The van der Waals surface area contributed by atoms with Crippen molar-refractivity contribution in [1.29, 1.82) is 0 Å². The van der Waals surface area contributed by atoms with E-state index >= 15 is 0 Å². The summed E-state index contributed by atoms with van der Waals surface area (Å²) in [7, 11) is 0. The third-order valence-electron chi connectivity index (χ3n) is 4.64. The fraction of sp³-hybridized carbons (Fsp3) is 0.125. The van der Waals surface area contributed by atoms with Gasteiger partial charge in [-0.15, -0.1) is 0 Å². The molecule has 0 saturated carbocycles. The van der Waals surface area contributed by atoms with E-state index in [9.17, 15) is 0 Å². The second-order valence-electron chi connectivity index (χ2n) is 6.65. The van der Waals surface area contributed by atoms with Crippen molar-refractivity contribution in [3.05, 3.63) is 120 Å². The summed E-state index contributed by atoms with van der Waals surface area (Å²) >= 11 is 0. The normalized spacial score (nSPS) is 12.0. The number of ether oxygens (including phenoxy) is 1. The zero-order valence-corrected chi connectivity index (χ0v) is 15.3. The van der Waals surface area contributed by atoms with E-state index in [4.69, 9.17) is 4.74 Å². The molecule has 4 rings (SSSR count). The Morgan fingerprint density at radius 3 is 2.15 bits per heavy atom. The van der Waals surface area contributed by atoms with Gasteiger partial charge in [0.15, 0.2) is 0 Å². The average molecular weight is 354 g/mol.